The third kappa shape index (κ3) is 69.0. The Balaban J connectivity index is 4.22. The van der Waals surface area contributed by atoms with Crippen molar-refractivity contribution in [3.8, 4) is 0 Å². The van der Waals surface area contributed by atoms with Crippen molar-refractivity contribution in [2.24, 2.45) is 0 Å². The summed E-state index contributed by atoms with van der Waals surface area (Å²) in [5, 5.41) is 0. The zero-order chi connectivity index (χ0) is 59.9. The van der Waals surface area contributed by atoms with Gasteiger partial charge >= 0.3 is 17.9 Å². The van der Waals surface area contributed by atoms with Crippen molar-refractivity contribution in [1.29, 1.82) is 0 Å². The summed E-state index contributed by atoms with van der Waals surface area (Å²) in [4.78, 5) is 38.4. The van der Waals surface area contributed by atoms with Crippen LogP contribution in [-0.4, -0.2) is 37.2 Å². The van der Waals surface area contributed by atoms with Gasteiger partial charge in [0, 0.05) is 19.3 Å². The molecule has 0 saturated carbocycles. The van der Waals surface area contributed by atoms with E-state index in [1.165, 1.54) is 205 Å². The smallest absolute Gasteiger partial charge is 0.306 e. The number of hydrogen-bond donors (Lipinski definition) is 0. The SMILES string of the molecule is CC/C=C\C/C=C\C/C=C\C/C=C\C/C=C\C/C=C\CCCCCCCCCCCCCCCCC(=O)OCC(COC(=O)CCCCCCCCCCCCCCCCC)OC(=O)CCCCCCCCC/C=C\C/C=C\CCCCC. The van der Waals surface area contributed by atoms with E-state index in [2.05, 4.69) is 118 Å². The summed E-state index contributed by atoms with van der Waals surface area (Å²) in [6, 6.07) is 0. The average Bonchev–Trinajstić information content (AvgIpc) is 3.49. The number of esters is 3. The van der Waals surface area contributed by atoms with Crippen LogP contribution in [0.4, 0.5) is 0 Å². The maximum atomic E-state index is 12.9. The second kappa shape index (κ2) is 70.8. The largest absolute Gasteiger partial charge is 0.462 e. The van der Waals surface area contributed by atoms with Crippen LogP contribution in [0.15, 0.2) is 97.2 Å². The second-order valence-electron chi connectivity index (χ2n) is 23.8. The van der Waals surface area contributed by atoms with E-state index in [1.54, 1.807) is 0 Å². The minimum absolute atomic E-state index is 0.0756. The Morgan fingerprint density at radius 1 is 0.253 bits per heavy atom. The van der Waals surface area contributed by atoms with Gasteiger partial charge in [0.2, 0.25) is 0 Å². The lowest BCUT2D eigenvalue weighted by Crippen LogP contribution is -2.30. The Hall–Kier alpha value is -3.67. The van der Waals surface area contributed by atoms with Crippen molar-refractivity contribution < 1.29 is 28.6 Å². The third-order valence-corrected chi connectivity index (χ3v) is 15.6. The topological polar surface area (TPSA) is 78.9 Å². The number of allylic oxidation sites excluding steroid dienone is 16. The molecular weight excluding hydrogens is 1020 g/mol. The molecule has 0 fully saturated rings. The van der Waals surface area contributed by atoms with Gasteiger partial charge in [0.1, 0.15) is 13.2 Å². The lowest BCUT2D eigenvalue weighted by atomic mass is 10.0. The lowest BCUT2D eigenvalue weighted by Gasteiger charge is -2.18. The molecule has 478 valence electrons. The number of carbonyl (C=O) groups excluding carboxylic acids is 3. The van der Waals surface area contributed by atoms with Crippen LogP contribution in [0, 0.1) is 0 Å². The number of carbonyl (C=O) groups is 3. The van der Waals surface area contributed by atoms with E-state index in [4.69, 9.17) is 14.2 Å². The van der Waals surface area contributed by atoms with E-state index in [0.29, 0.717) is 19.3 Å². The number of unbranched alkanes of at least 4 members (excludes halogenated alkanes) is 38. The Morgan fingerprint density at radius 3 is 0.759 bits per heavy atom. The van der Waals surface area contributed by atoms with Crippen LogP contribution in [0.1, 0.15) is 355 Å². The maximum absolute atomic E-state index is 12.9. The van der Waals surface area contributed by atoms with E-state index >= 15 is 0 Å². The molecule has 0 heterocycles. The molecule has 0 spiro atoms. The molecule has 0 bridgehead atoms. The second-order valence-corrected chi connectivity index (χ2v) is 23.8. The highest BCUT2D eigenvalue weighted by atomic mass is 16.6. The molecule has 0 amide bonds. The third-order valence-electron chi connectivity index (χ3n) is 15.6. The number of rotatable bonds is 65. The predicted molar refractivity (Wildman–Crippen MR) is 362 cm³/mol. The standard InChI is InChI=1S/C77H134O6/c1-4-7-10-13-16-19-22-25-28-30-31-32-33-34-35-36-37-38-39-40-41-42-43-44-45-47-49-52-55-58-61-64-67-70-76(79)82-73-74(72-81-75(78)69-66-63-60-57-54-51-48-27-24-21-18-15-12-9-6-3)83-77(80)71-68-65-62-59-56-53-50-46-29-26-23-20-17-14-11-8-5-2/h7,10,16-17,19-20,25-26,28-29,31-32,34-35,37-38,74H,4-6,8-9,11-15,18,21-24,27,30,33,36,39-73H2,1-3H3/b10-7-,19-16-,20-17-,28-25-,29-26-,32-31-,35-34-,38-37-. The van der Waals surface area contributed by atoms with Gasteiger partial charge in [0.25, 0.3) is 0 Å². The molecule has 0 radical (unpaired) electrons. The van der Waals surface area contributed by atoms with E-state index < -0.39 is 6.10 Å². The number of ether oxygens (including phenoxy) is 3. The maximum Gasteiger partial charge on any atom is 0.306 e. The van der Waals surface area contributed by atoms with Gasteiger partial charge in [-0.15, -0.1) is 0 Å². The molecule has 0 aromatic heterocycles. The van der Waals surface area contributed by atoms with E-state index in [9.17, 15) is 14.4 Å². The fraction of sp³-hybridized carbons (Fsp3) is 0.753. The molecule has 0 saturated heterocycles. The molecule has 6 heteroatoms. The first-order valence-electron chi connectivity index (χ1n) is 35.7. The highest BCUT2D eigenvalue weighted by molar-refractivity contribution is 5.71. The highest BCUT2D eigenvalue weighted by Crippen LogP contribution is 2.17. The fourth-order valence-corrected chi connectivity index (χ4v) is 10.2. The fourth-order valence-electron chi connectivity index (χ4n) is 10.2. The Labute approximate surface area is 515 Å². The summed E-state index contributed by atoms with van der Waals surface area (Å²) in [6.07, 6.45) is 95.7. The first-order chi connectivity index (χ1) is 41.0. The Kier molecular flexibility index (Phi) is 67.7. The quantitative estimate of drug-likeness (QED) is 0.0261. The highest BCUT2D eigenvalue weighted by Gasteiger charge is 2.19. The molecule has 83 heavy (non-hydrogen) atoms. The van der Waals surface area contributed by atoms with Crippen LogP contribution in [-0.2, 0) is 28.6 Å². The van der Waals surface area contributed by atoms with Crippen molar-refractivity contribution in [3.63, 3.8) is 0 Å². The van der Waals surface area contributed by atoms with Gasteiger partial charge in [-0.25, -0.2) is 0 Å². The van der Waals surface area contributed by atoms with Crippen LogP contribution in [0.25, 0.3) is 0 Å². The van der Waals surface area contributed by atoms with E-state index in [0.717, 1.165) is 109 Å². The molecule has 0 rings (SSSR count). The molecule has 6 nitrogen and oxygen atoms in total. The van der Waals surface area contributed by atoms with E-state index in [-0.39, 0.29) is 31.1 Å². The molecule has 0 aromatic rings. The summed E-state index contributed by atoms with van der Waals surface area (Å²) in [7, 11) is 0. The molecule has 0 N–H and O–H groups in total. The van der Waals surface area contributed by atoms with Crippen LogP contribution >= 0.6 is 0 Å². The average molecular weight is 1160 g/mol. The first kappa shape index (κ1) is 79.3. The minimum Gasteiger partial charge on any atom is -0.462 e. The zero-order valence-electron chi connectivity index (χ0n) is 54.9. The van der Waals surface area contributed by atoms with Crippen molar-refractivity contribution in [2.75, 3.05) is 13.2 Å². The molecular formula is C77H134O6. The molecule has 0 aliphatic rings. The summed E-state index contributed by atoms with van der Waals surface area (Å²) in [5.41, 5.74) is 0. The van der Waals surface area contributed by atoms with Crippen molar-refractivity contribution in [3.05, 3.63) is 97.2 Å². The van der Waals surface area contributed by atoms with Gasteiger partial charge in [-0.1, -0.05) is 330 Å². The van der Waals surface area contributed by atoms with Gasteiger partial charge in [0.05, 0.1) is 0 Å². The monoisotopic (exact) mass is 1160 g/mol. The van der Waals surface area contributed by atoms with Crippen LogP contribution in [0.2, 0.25) is 0 Å². The summed E-state index contributed by atoms with van der Waals surface area (Å²) in [5.74, 6) is -0.865. The molecule has 0 aliphatic carbocycles. The van der Waals surface area contributed by atoms with Gasteiger partial charge in [-0.3, -0.25) is 14.4 Å². The van der Waals surface area contributed by atoms with Crippen LogP contribution < -0.4 is 0 Å². The lowest BCUT2D eigenvalue weighted by molar-refractivity contribution is -0.167. The van der Waals surface area contributed by atoms with Gasteiger partial charge in [-0.2, -0.15) is 0 Å². The number of hydrogen-bond acceptors (Lipinski definition) is 6. The minimum atomic E-state index is -0.781. The summed E-state index contributed by atoms with van der Waals surface area (Å²) < 4.78 is 17.0. The van der Waals surface area contributed by atoms with E-state index in [1.807, 2.05) is 0 Å². The van der Waals surface area contributed by atoms with Crippen molar-refractivity contribution in [1.82, 2.24) is 0 Å². The first-order valence-corrected chi connectivity index (χ1v) is 35.7. The van der Waals surface area contributed by atoms with Gasteiger partial charge < -0.3 is 14.2 Å². The molecule has 1 atom stereocenters. The summed E-state index contributed by atoms with van der Waals surface area (Å²) in [6.45, 7) is 6.54. The van der Waals surface area contributed by atoms with Crippen molar-refractivity contribution in [2.45, 2.75) is 361 Å². The van der Waals surface area contributed by atoms with Crippen LogP contribution in [0.5, 0.6) is 0 Å². The zero-order valence-corrected chi connectivity index (χ0v) is 54.9. The molecule has 0 aromatic carbocycles. The Morgan fingerprint density at radius 2 is 0.470 bits per heavy atom. The normalized spacial score (nSPS) is 12.7. The predicted octanol–water partition coefficient (Wildman–Crippen LogP) is 24.8. The van der Waals surface area contributed by atoms with Gasteiger partial charge in [0.15, 0.2) is 6.10 Å². The molecule has 1 unspecified atom stereocenters. The molecule has 0 aliphatic heterocycles. The van der Waals surface area contributed by atoms with Crippen molar-refractivity contribution >= 4 is 17.9 Å². The van der Waals surface area contributed by atoms with Crippen LogP contribution in [0.3, 0.4) is 0 Å². The van der Waals surface area contributed by atoms with Gasteiger partial charge in [-0.05, 0) is 103 Å². The Bertz CT molecular complexity index is 1610. The summed E-state index contributed by atoms with van der Waals surface area (Å²) >= 11 is 0.